The Labute approximate surface area is 118 Å². The van der Waals surface area contributed by atoms with E-state index in [-0.39, 0.29) is 11.7 Å². The number of hydrogen-bond acceptors (Lipinski definition) is 5. The average molecular weight is 290 g/mol. The Bertz CT molecular complexity index is 718. The number of rotatable bonds is 4. The molecule has 20 heavy (non-hydrogen) atoms. The number of para-hydroxylation sites is 2. The molecule has 0 unspecified atom stereocenters. The number of aryl methyl sites for hydroxylation is 1. The maximum atomic E-state index is 11.7. The van der Waals surface area contributed by atoms with Gasteiger partial charge in [-0.05, 0) is 12.1 Å². The average Bonchev–Trinajstić information content (AvgIpc) is 3.02. The number of aromatic amines is 1. The lowest BCUT2D eigenvalue weighted by Crippen LogP contribution is -2.28. The highest BCUT2D eigenvalue weighted by Gasteiger charge is 2.12. The third-order valence-corrected chi connectivity index (χ3v) is 3.42. The summed E-state index contributed by atoms with van der Waals surface area (Å²) in [5, 5.41) is 6.95. The molecule has 0 spiro atoms. The highest BCUT2D eigenvalue weighted by Crippen LogP contribution is 2.19. The Balaban J connectivity index is 1.59. The number of hydrogen-bond donors (Lipinski definition) is 2. The Hall–Kier alpha value is -2.35. The number of anilines is 1. The van der Waals surface area contributed by atoms with E-state index in [4.69, 9.17) is 4.52 Å². The summed E-state index contributed by atoms with van der Waals surface area (Å²) < 4.78 is 6.36. The molecule has 0 aliphatic rings. The normalized spacial score (nSPS) is 10.8. The van der Waals surface area contributed by atoms with Gasteiger partial charge in [0.1, 0.15) is 0 Å². The van der Waals surface area contributed by atoms with Crippen molar-refractivity contribution in [3.63, 3.8) is 0 Å². The molecule has 2 heterocycles. The second-order valence-electron chi connectivity index (χ2n) is 4.14. The zero-order valence-corrected chi connectivity index (χ0v) is 11.5. The van der Waals surface area contributed by atoms with Gasteiger partial charge in [-0.25, -0.2) is 4.98 Å². The zero-order valence-electron chi connectivity index (χ0n) is 10.7. The van der Waals surface area contributed by atoms with Gasteiger partial charge in [0.05, 0.1) is 16.8 Å². The number of fused-ring (bicyclic) bond motifs is 1. The molecular formula is C12H12N5O2S+. The molecule has 0 fully saturated rings. The van der Waals surface area contributed by atoms with Crippen LogP contribution in [0.25, 0.3) is 11.0 Å². The van der Waals surface area contributed by atoms with Gasteiger partial charge in [-0.3, -0.25) is 14.6 Å². The highest BCUT2D eigenvalue weighted by atomic mass is 32.2. The molecule has 8 heteroatoms. The second kappa shape index (κ2) is 5.33. The van der Waals surface area contributed by atoms with Crippen LogP contribution >= 0.6 is 11.8 Å². The van der Waals surface area contributed by atoms with Crippen molar-refractivity contribution in [2.24, 2.45) is 7.05 Å². The van der Waals surface area contributed by atoms with Crippen molar-refractivity contribution in [3.8, 4) is 0 Å². The Morgan fingerprint density at radius 1 is 1.50 bits per heavy atom. The van der Waals surface area contributed by atoms with E-state index in [2.05, 4.69) is 20.6 Å². The van der Waals surface area contributed by atoms with E-state index in [9.17, 15) is 4.79 Å². The number of nitrogens with zero attached hydrogens (tertiary/aromatic N) is 3. The third-order valence-electron chi connectivity index (χ3n) is 2.54. The third kappa shape index (κ3) is 2.80. The van der Waals surface area contributed by atoms with Gasteiger partial charge in [0.15, 0.2) is 17.5 Å². The number of imidazole rings is 1. The maximum Gasteiger partial charge on any atom is 0.302 e. The second-order valence-corrected chi connectivity index (χ2v) is 5.10. The van der Waals surface area contributed by atoms with Gasteiger partial charge in [-0.15, -0.1) is 0 Å². The zero-order chi connectivity index (χ0) is 13.9. The monoisotopic (exact) mass is 290 g/mol. The van der Waals surface area contributed by atoms with Gasteiger partial charge < -0.3 is 4.98 Å². The maximum absolute atomic E-state index is 11.7. The first-order chi connectivity index (χ1) is 9.70. The molecule has 1 aromatic carbocycles. The summed E-state index contributed by atoms with van der Waals surface area (Å²) in [5.41, 5.74) is 1.84. The van der Waals surface area contributed by atoms with E-state index >= 15 is 0 Å². The Morgan fingerprint density at radius 2 is 2.35 bits per heavy atom. The minimum absolute atomic E-state index is 0.174. The van der Waals surface area contributed by atoms with Crippen LogP contribution in [-0.2, 0) is 11.8 Å². The smallest absolute Gasteiger partial charge is 0.302 e. The SMILES string of the molecule is C[n+]1cc(NC(=O)CSc2nc3ccccc3[nH]2)on1. The van der Waals surface area contributed by atoms with Crippen LogP contribution in [0.15, 0.2) is 40.1 Å². The number of benzene rings is 1. The molecule has 0 aliphatic heterocycles. The van der Waals surface area contributed by atoms with E-state index in [1.807, 2.05) is 24.3 Å². The summed E-state index contributed by atoms with van der Waals surface area (Å²) in [6.07, 6.45) is 1.59. The number of aromatic nitrogens is 4. The van der Waals surface area contributed by atoms with Crippen molar-refractivity contribution in [2.45, 2.75) is 5.16 Å². The van der Waals surface area contributed by atoms with E-state index in [1.54, 1.807) is 13.2 Å². The topological polar surface area (TPSA) is 87.7 Å². The summed E-state index contributed by atoms with van der Waals surface area (Å²) in [4.78, 5) is 19.3. The quantitative estimate of drug-likeness (QED) is 0.555. The lowest BCUT2D eigenvalue weighted by Gasteiger charge is -1.97. The molecular weight excluding hydrogens is 278 g/mol. The van der Waals surface area contributed by atoms with Crippen LogP contribution in [0, 0.1) is 0 Å². The Morgan fingerprint density at radius 3 is 3.10 bits per heavy atom. The standard InChI is InChI=1S/C12H11N5O2S/c1-17-6-11(19-16-17)15-10(18)7-20-12-13-8-4-2-3-5-9(8)14-12/h2-6H,7H2,1H3,(H-,13,14,15,16,18)/p+1. The van der Waals surface area contributed by atoms with Gasteiger partial charge in [-0.1, -0.05) is 28.6 Å². The molecule has 0 saturated heterocycles. The van der Waals surface area contributed by atoms with E-state index in [1.165, 1.54) is 16.4 Å². The van der Waals surface area contributed by atoms with Crippen molar-refractivity contribution < 1.29 is 14.0 Å². The predicted octanol–water partition coefficient (Wildman–Crippen LogP) is 1.11. The molecule has 0 saturated carbocycles. The molecule has 2 N–H and O–H groups in total. The number of H-pyrrole nitrogens is 1. The number of nitrogens with one attached hydrogen (secondary N) is 2. The van der Waals surface area contributed by atoms with Crippen LogP contribution in [0.4, 0.5) is 5.88 Å². The molecule has 3 aromatic rings. The molecule has 7 nitrogen and oxygen atoms in total. The molecule has 0 aliphatic carbocycles. The molecule has 102 valence electrons. The Kier molecular flexibility index (Phi) is 3.38. The van der Waals surface area contributed by atoms with Gasteiger partial charge >= 0.3 is 5.88 Å². The van der Waals surface area contributed by atoms with Crippen LogP contribution in [0.3, 0.4) is 0 Å². The molecule has 2 aromatic heterocycles. The van der Waals surface area contributed by atoms with Crippen LogP contribution in [0.2, 0.25) is 0 Å². The lowest BCUT2D eigenvalue weighted by molar-refractivity contribution is -0.739. The first-order valence-corrected chi connectivity index (χ1v) is 6.89. The lowest BCUT2D eigenvalue weighted by atomic mass is 10.3. The van der Waals surface area contributed by atoms with Crippen LogP contribution in [0.1, 0.15) is 0 Å². The van der Waals surface area contributed by atoms with Crippen LogP contribution in [0.5, 0.6) is 0 Å². The fourth-order valence-electron chi connectivity index (χ4n) is 1.69. The molecule has 1 amide bonds. The molecule has 0 radical (unpaired) electrons. The van der Waals surface area contributed by atoms with Crippen LogP contribution in [-0.4, -0.2) is 26.9 Å². The summed E-state index contributed by atoms with van der Waals surface area (Å²) in [5.74, 6) is 0.388. The minimum Gasteiger partial charge on any atom is -0.333 e. The summed E-state index contributed by atoms with van der Waals surface area (Å²) >= 11 is 1.33. The van der Waals surface area contributed by atoms with E-state index in [0.717, 1.165) is 11.0 Å². The van der Waals surface area contributed by atoms with Gasteiger partial charge in [0, 0.05) is 0 Å². The largest absolute Gasteiger partial charge is 0.333 e. The van der Waals surface area contributed by atoms with Gasteiger partial charge in [-0.2, -0.15) is 0 Å². The van der Waals surface area contributed by atoms with Crippen LogP contribution < -0.4 is 10.00 Å². The first-order valence-electron chi connectivity index (χ1n) is 5.91. The van der Waals surface area contributed by atoms with Gasteiger partial charge in [0.25, 0.3) is 6.20 Å². The fraction of sp³-hybridized carbons (Fsp3) is 0.167. The summed E-state index contributed by atoms with van der Waals surface area (Å²) in [6.45, 7) is 0. The highest BCUT2D eigenvalue weighted by molar-refractivity contribution is 7.99. The first kappa shape index (κ1) is 12.7. The van der Waals surface area contributed by atoms with Crippen molar-refractivity contribution in [3.05, 3.63) is 30.5 Å². The van der Waals surface area contributed by atoms with Gasteiger partial charge in [0.2, 0.25) is 5.91 Å². The molecule has 3 rings (SSSR count). The van der Waals surface area contributed by atoms with Crippen molar-refractivity contribution >= 4 is 34.6 Å². The van der Waals surface area contributed by atoms with Crippen molar-refractivity contribution in [1.82, 2.24) is 15.2 Å². The minimum atomic E-state index is -0.174. The molecule has 0 bridgehead atoms. The number of carbonyl (C=O) groups excluding carboxylic acids is 1. The summed E-state index contributed by atoms with van der Waals surface area (Å²) in [6, 6.07) is 7.73. The molecule has 0 atom stereocenters. The van der Waals surface area contributed by atoms with E-state index in [0.29, 0.717) is 11.0 Å². The summed E-state index contributed by atoms with van der Waals surface area (Å²) in [7, 11) is 1.71. The van der Waals surface area contributed by atoms with E-state index < -0.39 is 0 Å². The number of carbonyl (C=O) groups is 1. The number of amides is 1. The fourth-order valence-corrected chi connectivity index (χ4v) is 2.37. The van der Waals surface area contributed by atoms with Crippen molar-refractivity contribution in [2.75, 3.05) is 11.1 Å². The number of thioether (sulfide) groups is 1. The predicted molar refractivity (Wildman–Crippen MR) is 73.1 cm³/mol. The van der Waals surface area contributed by atoms with Crippen molar-refractivity contribution in [1.29, 1.82) is 0 Å².